The van der Waals surface area contributed by atoms with E-state index in [1.54, 1.807) is 0 Å². The standard InChI is InChI=1S/C16H28BN5O2/c1-15(2)16(3,4)24-17(23-15)12-9-20-14(21-10-12)22-8-5-13(11-22)19-7-6-18/h9-10,13,19H,5-8,11,18H2,1-4H3. The van der Waals surface area contributed by atoms with E-state index in [0.29, 0.717) is 12.6 Å². The fraction of sp³-hybridized carbons (Fsp3) is 0.750. The molecule has 1 aromatic heterocycles. The van der Waals surface area contributed by atoms with Crippen LogP contribution in [0.2, 0.25) is 0 Å². The largest absolute Gasteiger partial charge is 0.498 e. The van der Waals surface area contributed by atoms with Crippen molar-refractivity contribution in [3.63, 3.8) is 0 Å². The van der Waals surface area contributed by atoms with Gasteiger partial charge in [-0.15, -0.1) is 0 Å². The average Bonchev–Trinajstić information content (AvgIpc) is 3.08. The molecule has 1 atom stereocenters. The van der Waals surface area contributed by atoms with E-state index in [1.807, 2.05) is 40.1 Å². The van der Waals surface area contributed by atoms with Crippen molar-refractivity contribution in [1.29, 1.82) is 0 Å². The number of nitrogens with zero attached hydrogens (tertiary/aromatic N) is 3. The molecule has 2 aliphatic heterocycles. The van der Waals surface area contributed by atoms with E-state index in [1.165, 1.54) is 0 Å². The summed E-state index contributed by atoms with van der Waals surface area (Å²) in [6.45, 7) is 11.5. The summed E-state index contributed by atoms with van der Waals surface area (Å²) in [5.74, 6) is 0.757. The van der Waals surface area contributed by atoms with Crippen LogP contribution >= 0.6 is 0 Å². The predicted octanol–water partition coefficient (Wildman–Crippen LogP) is -0.0972. The van der Waals surface area contributed by atoms with Crippen LogP contribution < -0.4 is 21.4 Å². The number of hydrogen-bond acceptors (Lipinski definition) is 7. The van der Waals surface area contributed by atoms with Crippen LogP contribution in [0.3, 0.4) is 0 Å². The zero-order chi connectivity index (χ0) is 17.4. The molecule has 0 aromatic carbocycles. The van der Waals surface area contributed by atoms with Gasteiger partial charge in [0, 0.05) is 50.1 Å². The maximum absolute atomic E-state index is 6.04. The molecule has 0 amide bonds. The number of hydrogen-bond donors (Lipinski definition) is 2. The molecule has 2 aliphatic rings. The Morgan fingerprint density at radius 1 is 1.25 bits per heavy atom. The molecule has 132 valence electrons. The second-order valence-corrected chi connectivity index (χ2v) is 7.58. The van der Waals surface area contributed by atoms with Crippen LogP contribution in [0.5, 0.6) is 0 Å². The molecular formula is C16H28BN5O2. The molecule has 2 saturated heterocycles. The Morgan fingerprint density at radius 2 is 1.88 bits per heavy atom. The van der Waals surface area contributed by atoms with Crippen LogP contribution in [-0.4, -0.2) is 60.5 Å². The zero-order valence-corrected chi connectivity index (χ0v) is 15.1. The topological polar surface area (TPSA) is 85.5 Å². The van der Waals surface area contributed by atoms with E-state index in [4.69, 9.17) is 15.0 Å². The van der Waals surface area contributed by atoms with Gasteiger partial charge in [0.05, 0.1) is 11.2 Å². The molecule has 0 bridgehead atoms. The molecular weight excluding hydrogens is 305 g/mol. The third-order valence-corrected chi connectivity index (χ3v) is 5.23. The van der Waals surface area contributed by atoms with Crippen molar-refractivity contribution < 1.29 is 9.31 Å². The molecule has 2 fully saturated rings. The lowest BCUT2D eigenvalue weighted by Crippen LogP contribution is -2.41. The smallest absolute Gasteiger partial charge is 0.399 e. The lowest BCUT2D eigenvalue weighted by Gasteiger charge is -2.32. The number of rotatable bonds is 5. The van der Waals surface area contributed by atoms with Crippen LogP contribution in [-0.2, 0) is 9.31 Å². The maximum Gasteiger partial charge on any atom is 0.498 e. The third-order valence-electron chi connectivity index (χ3n) is 5.23. The van der Waals surface area contributed by atoms with Crippen molar-refractivity contribution in [2.24, 2.45) is 5.73 Å². The summed E-state index contributed by atoms with van der Waals surface area (Å²) in [6, 6.07) is 0.458. The Kier molecular flexibility index (Phi) is 4.83. The first-order chi connectivity index (χ1) is 11.3. The van der Waals surface area contributed by atoms with Gasteiger partial charge in [-0.05, 0) is 34.1 Å². The molecule has 8 heteroatoms. The van der Waals surface area contributed by atoms with E-state index in [9.17, 15) is 0 Å². The number of aromatic nitrogens is 2. The summed E-state index contributed by atoms with van der Waals surface area (Å²) in [6.07, 6.45) is 4.71. The normalized spacial score (nSPS) is 25.5. The summed E-state index contributed by atoms with van der Waals surface area (Å²) in [4.78, 5) is 11.2. The van der Waals surface area contributed by atoms with E-state index in [0.717, 1.165) is 37.5 Å². The molecule has 1 aromatic rings. The van der Waals surface area contributed by atoms with Crippen LogP contribution in [0, 0.1) is 0 Å². The van der Waals surface area contributed by atoms with Crippen LogP contribution in [0.15, 0.2) is 12.4 Å². The van der Waals surface area contributed by atoms with E-state index < -0.39 is 7.12 Å². The van der Waals surface area contributed by atoms with Crippen molar-refractivity contribution in [3.8, 4) is 0 Å². The summed E-state index contributed by atoms with van der Waals surface area (Å²) in [5, 5.41) is 3.44. The van der Waals surface area contributed by atoms with Crippen LogP contribution in [0.4, 0.5) is 5.95 Å². The molecule has 0 saturated carbocycles. The predicted molar refractivity (Wildman–Crippen MR) is 95.4 cm³/mol. The molecule has 0 radical (unpaired) electrons. The zero-order valence-electron chi connectivity index (χ0n) is 15.1. The fourth-order valence-corrected chi connectivity index (χ4v) is 2.99. The van der Waals surface area contributed by atoms with Crippen LogP contribution in [0.25, 0.3) is 0 Å². The molecule has 3 N–H and O–H groups in total. The van der Waals surface area contributed by atoms with Crippen molar-refractivity contribution in [1.82, 2.24) is 15.3 Å². The van der Waals surface area contributed by atoms with Gasteiger partial charge in [0.1, 0.15) is 0 Å². The highest BCUT2D eigenvalue weighted by Crippen LogP contribution is 2.36. The Balaban J connectivity index is 1.63. The van der Waals surface area contributed by atoms with Crippen molar-refractivity contribution >= 4 is 18.5 Å². The van der Waals surface area contributed by atoms with Crippen molar-refractivity contribution in [3.05, 3.63) is 12.4 Å². The minimum atomic E-state index is -0.415. The fourth-order valence-electron chi connectivity index (χ4n) is 2.99. The molecule has 24 heavy (non-hydrogen) atoms. The minimum Gasteiger partial charge on any atom is -0.399 e. The van der Waals surface area contributed by atoms with E-state index in [-0.39, 0.29) is 11.2 Å². The Labute approximate surface area is 144 Å². The Bertz CT molecular complexity index is 550. The number of anilines is 1. The van der Waals surface area contributed by atoms with Gasteiger partial charge >= 0.3 is 7.12 Å². The van der Waals surface area contributed by atoms with Crippen LogP contribution in [0.1, 0.15) is 34.1 Å². The molecule has 0 aliphatic carbocycles. The molecule has 3 heterocycles. The first kappa shape index (κ1) is 17.6. The van der Waals surface area contributed by atoms with Gasteiger partial charge in [-0.2, -0.15) is 0 Å². The van der Waals surface area contributed by atoms with Gasteiger partial charge in [-0.1, -0.05) is 0 Å². The van der Waals surface area contributed by atoms with Crippen molar-refractivity contribution in [2.45, 2.75) is 51.4 Å². The monoisotopic (exact) mass is 333 g/mol. The Hall–Kier alpha value is -1.22. The third kappa shape index (κ3) is 3.42. The summed E-state index contributed by atoms with van der Waals surface area (Å²) in [5.41, 5.74) is 5.69. The van der Waals surface area contributed by atoms with Crippen molar-refractivity contribution in [2.75, 3.05) is 31.1 Å². The summed E-state index contributed by atoms with van der Waals surface area (Å²) in [7, 11) is -0.415. The maximum atomic E-state index is 6.04. The minimum absolute atomic E-state index is 0.354. The summed E-state index contributed by atoms with van der Waals surface area (Å²) < 4.78 is 12.1. The van der Waals surface area contributed by atoms with Gasteiger partial charge in [0.2, 0.25) is 5.95 Å². The molecule has 3 rings (SSSR count). The number of nitrogens with one attached hydrogen (secondary N) is 1. The van der Waals surface area contributed by atoms with E-state index >= 15 is 0 Å². The second kappa shape index (κ2) is 6.59. The highest BCUT2D eigenvalue weighted by molar-refractivity contribution is 6.61. The first-order valence-electron chi connectivity index (χ1n) is 8.68. The highest BCUT2D eigenvalue weighted by Gasteiger charge is 2.52. The lowest BCUT2D eigenvalue weighted by molar-refractivity contribution is 0.00578. The number of nitrogens with two attached hydrogens (primary N) is 1. The van der Waals surface area contributed by atoms with Gasteiger partial charge in [0.25, 0.3) is 0 Å². The second-order valence-electron chi connectivity index (χ2n) is 7.58. The highest BCUT2D eigenvalue weighted by atomic mass is 16.7. The average molecular weight is 333 g/mol. The first-order valence-corrected chi connectivity index (χ1v) is 8.68. The quantitative estimate of drug-likeness (QED) is 0.728. The Morgan fingerprint density at radius 3 is 2.46 bits per heavy atom. The lowest BCUT2D eigenvalue weighted by atomic mass is 9.81. The van der Waals surface area contributed by atoms with Gasteiger partial charge in [-0.3, -0.25) is 0 Å². The molecule has 1 unspecified atom stereocenters. The van der Waals surface area contributed by atoms with Gasteiger partial charge in [-0.25, -0.2) is 9.97 Å². The molecule has 0 spiro atoms. The van der Waals surface area contributed by atoms with Gasteiger partial charge < -0.3 is 25.3 Å². The molecule has 7 nitrogen and oxygen atoms in total. The SMILES string of the molecule is CC1(C)OB(c2cnc(N3CCC(NCCN)C3)nc2)OC1(C)C. The van der Waals surface area contributed by atoms with E-state index in [2.05, 4.69) is 20.2 Å². The summed E-state index contributed by atoms with van der Waals surface area (Å²) >= 11 is 0. The van der Waals surface area contributed by atoms with Gasteiger partial charge in [0.15, 0.2) is 0 Å².